The molecule has 7 nitrogen and oxygen atoms in total. The molecule has 27 heavy (non-hydrogen) atoms. The minimum atomic E-state index is -0.268. The van der Waals surface area contributed by atoms with Gasteiger partial charge in [-0.25, -0.2) is 0 Å². The van der Waals surface area contributed by atoms with Gasteiger partial charge in [0.15, 0.2) is 12.4 Å². The standard InChI is InChI=1S/C20H29N3O4/c1-13(14-4-2-3-5-14)20(26)22-11-10-21-9-8-15-6-7-16(24)18-19(15)27-12-17(25)23-18/h6-7,13-14,21,24H,2-5,8-12H2,1H3,(H,22,26)(H,23,25). The number of nitrogens with one attached hydrogen (secondary N) is 3. The number of hydrogen-bond acceptors (Lipinski definition) is 5. The molecule has 0 radical (unpaired) electrons. The second-order valence-electron chi connectivity index (χ2n) is 7.41. The molecule has 3 rings (SSSR count). The highest BCUT2D eigenvalue weighted by atomic mass is 16.5. The number of rotatable bonds is 8. The molecule has 1 heterocycles. The van der Waals surface area contributed by atoms with Crippen LogP contribution < -0.4 is 20.7 Å². The molecule has 0 aromatic heterocycles. The van der Waals surface area contributed by atoms with E-state index in [0.717, 1.165) is 5.56 Å². The Labute approximate surface area is 159 Å². The molecule has 0 spiro atoms. The molecule has 1 unspecified atom stereocenters. The summed E-state index contributed by atoms with van der Waals surface area (Å²) in [5, 5.41) is 18.8. The van der Waals surface area contributed by atoms with Crippen LogP contribution in [0.15, 0.2) is 12.1 Å². The van der Waals surface area contributed by atoms with Crippen LogP contribution >= 0.6 is 0 Å². The van der Waals surface area contributed by atoms with Crippen molar-refractivity contribution in [3.05, 3.63) is 17.7 Å². The summed E-state index contributed by atoms with van der Waals surface area (Å²) < 4.78 is 5.48. The highest BCUT2D eigenvalue weighted by Gasteiger charge is 2.26. The molecule has 7 heteroatoms. The zero-order valence-corrected chi connectivity index (χ0v) is 15.8. The van der Waals surface area contributed by atoms with Gasteiger partial charge in [-0.1, -0.05) is 25.8 Å². The number of phenols is 1. The normalized spacial score (nSPS) is 17.7. The van der Waals surface area contributed by atoms with Crippen LogP contribution in [0.1, 0.15) is 38.2 Å². The molecule has 148 valence electrons. The van der Waals surface area contributed by atoms with Gasteiger partial charge in [0.1, 0.15) is 11.4 Å². The Morgan fingerprint density at radius 3 is 2.85 bits per heavy atom. The van der Waals surface area contributed by atoms with Gasteiger partial charge in [0.2, 0.25) is 5.91 Å². The molecular formula is C20H29N3O4. The van der Waals surface area contributed by atoms with Crippen LogP contribution in [-0.2, 0) is 16.0 Å². The van der Waals surface area contributed by atoms with Gasteiger partial charge >= 0.3 is 0 Å². The number of benzene rings is 1. The van der Waals surface area contributed by atoms with E-state index in [0.29, 0.717) is 43.4 Å². The lowest BCUT2D eigenvalue weighted by molar-refractivity contribution is -0.126. The van der Waals surface area contributed by atoms with E-state index in [9.17, 15) is 14.7 Å². The minimum absolute atomic E-state index is 0.00820. The van der Waals surface area contributed by atoms with Crippen molar-refractivity contribution in [2.45, 2.75) is 39.0 Å². The van der Waals surface area contributed by atoms with Gasteiger partial charge in [0, 0.05) is 19.0 Å². The molecule has 2 aliphatic rings. The lowest BCUT2D eigenvalue weighted by atomic mass is 9.92. The molecule has 1 aliphatic carbocycles. The van der Waals surface area contributed by atoms with E-state index >= 15 is 0 Å². The van der Waals surface area contributed by atoms with Gasteiger partial charge in [-0.15, -0.1) is 0 Å². The van der Waals surface area contributed by atoms with Crippen molar-refractivity contribution in [2.24, 2.45) is 11.8 Å². The molecule has 1 atom stereocenters. The zero-order chi connectivity index (χ0) is 19.2. The fourth-order valence-corrected chi connectivity index (χ4v) is 3.87. The molecule has 1 aromatic carbocycles. The maximum Gasteiger partial charge on any atom is 0.262 e. The van der Waals surface area contributed by atoms with Crippen molar-refractivity contribution in [1.82, 2.24) is 10.6 Å². The van der Waals surface area contributed by atoms with Crippen molar-refractivity contribution in [3.63, 3.8) is 0 Å². The summed E-state index contributed by atoms with van der Waals surface area (Å²) in [5.74, 6) is 1.07. The molecule has 0 bridgehead atoms. The van der Waals surface area contributed by atoms with Crippen LogP contribution in [0.5, 0.6) is 11.5 Å². The number of phenolic OH excluding ortho intramolecular Hbond substituents is 1. The van der Waals surface area contributed by atoms with E-state index in [1.807, 2.05) is 6.92 Å². The highest BCUT2D eigenvalue weighted by Crippen LogP contribution is 2.39. The fraction of sp³-hybridized carbons (Fsp3) is 0.600. The summed E-state index contributed by atoms with van der Waals surface area (Å²) in [6, 6.07) is 3.37. The van der Waals surface area contributed by atoms with Gasteiger partial charge in [0.05, 0.1) is 0 Å². The smallest absolute Gasteiger partial charge is 0.262 e. The number of carbonyl (C=O) groups excluding carboxylic acids is 2. The summed E-state index contributed by atoms with van der Waals surface area (Å²) >= 11 is 0. The van der Waals surface area contributed by atoms with E-state index < -0.39 is 0 Å². The number of ether oxygens (including phenoxy) is 1. The van der Waals surface area contributed by atoms with E-state index in [2.05, 4.69) is 16.0 Å². The monoisotopic (exact) mass is 375 g/mol. The van der Waals surface area contributed by atoms with Crippen molar-refractivity contribution in [2.75, 3.05) is 31.6 Å². The molecule has 1 fully saturated rings. The first-order chi connectivity index (χ1) is 13.1. The summed E-state index contributed by atoms with van der Waals surface area (Å²) in [5.41, 5.74) is 1.27. The van der Waals surface area contributed by atoms with E-state index in [4.69, 9.17) is 4.74 Å². The molecule has 1 aromatic rings. The molecule has 1 saturated carbocycles. The van der Waals surface area contributed by atoms with Gasteiger partial charge in [-0.2, -0.15) is 0 Å². The predicted octanol–water partition coefficient (Wildman–Crippen LogP) is 1.80. The van der Waals surface area contributed by atoms with Gasteiger partial charge < -0.3 is 25.8 Å². The Hall–Kier alpha value is -2.28. The van der Waals surface area contributed by atoms with Crippen LogP contribution in [0.25, 0.3) is 0 Å². The Kier molecular flexibility index (Phi) is 6.55. The lowest BCUT2D eigenvalue weighted by Gasteiger charge is -2.21. The average molecular weight is 375 g/mol. The van der Waals surface area contributed by atoms with Crippen LogP contribution in [0, 0.1) is 11.8 Å². The summed E-state index contributed by atoms with van der Waals surface area (Å²) in [4.78, 5) is 23.6. The quantitative estimate of drug-likeness (QED) is 0.410. The van der Waals surface area contributed by atoms with Gasteiger partial charge in [-0.05, 0) is 43.4 Å². The number of aromatic hydroxyl groups is 1. The SMILES string of the molecule is CC(C(=O)NCCNCCc1ccc(O)c2c1OCC(=O)N2)C1CCCC1. The van der Waals surface area contributed by atoms with Crippen molar-refractivity contribution in [3.8, 4) is 11.5 Å². The fourth-order valence-electron chi connectivity index (χ4n) is 3.87. The number of amides is 2. The minimum Gasteiger partial charge on any atom is -0.506 e. The molecular weight excluding hydrogens is 346 g/mol. The summed E-state index contributed by atoms with van der Waals surface area (Å²) in [6.45, 7) is 4.01. The Balaban J connectivity index is 1.38. The Morgan fingerprint density at radius 2 is 2.07 bits per heavy atom. The average Bonchev–Trinajstić information content (AvgIpc) is 3.20. The van der Waals surface area contributed by atoms with Crippen LogP contribution in [0.4, 0.5) is 5.69 Å². The maximum atomic E-state index is 12.2. The molecule has 2 amide bonds. The lowest BCUT2D eigenvalue weighted by Crippen LogP contribution is -2.37. The first-order valence-corrected chi connectivity index (χ1v) is 9.82. The maximum absolute atomic E-state index is 12.2. The summed E-state index contributed by atoms with van der Waals surface area (Å²) in [7, 11) is 0. The number of hydrogen-bond donors (Lipinski definition) is 4. The molecule has 0 saturated heterocycles. The first kappa shape index (κ1) is 19.5. The van der Waals surface area contributed by atoms with E-state index in [1.54, 1.807) is 12.1 Å². The zero-order valence-electron chi connectivity index (χ0n) is 15.8. The Morgan fingerprint density at radius 1 is 1.30 bits per heavy atom. The third kappa shape index (κ3) is 4.91. The topological polar surface area (TPSA) is 99.7 Å². The number of fused-ring (bicyclic) bond motifs is 1. The van der Waals surface area contributed by atoms with Crippen molar-refractivity contribution < 1.29 is 19.4 Å². The Bertz CT molecular complexity index is 686. The predicted molar refractivity (Wildman–Crippen MR) is 103 cm³/mol. The van der Waals surface area contributed by atoms with Crippen LogP contribution in [0.3, 0.4) is 0 Å². The molecule has 1 aliphatic heterocycles. The van der Waals surface area contributed by atoms with Gasteiger partial charge in [-0.3, -0.25) is 9.59 Å². The van der Waals surface area contributed by atoms with Gasteiger partial charge in [0.25, 0.3) is 5.91 Å². The third-order valence-electron chi connectivity index (χ3n) is 5.52. The molecule has 4 N–H and O–H groups in total. The summed E-state index contributed by atoms with van der Waals surface area (Å²) in [6.07, 6.45) is 5.54. The second-order valence-corrected chi connectivity index (χ2v) is 7.41. The third-order valence-corrected chi connectivity index (χ3v) is 5.52. The largest absolute Gasteiger partial charge is 0.506 e. The highest BCUT2D eigenvalue weighted by molar-refractivity contribution is 5.97. The van der Waals surface area contributed by atoms with Crippen molar-refractivity contribution >= 4 is 17.5 Å². The number of anilines is 1. The second kappa shape index (κ2) is 9.08. The van der Waals surface area contributed by atoms with Crippen LogP contribution in [0.2, 0.25) is 0 Å². The first-order valence-electron chi connectivity index (χ1n) is 9.82. The van der Waals surface area contributed by atoms with E-state index in [-0.39, 0.29) is 30.1 Å². The van der Waals surface area contributed by atoms with Crippen molar-refractivity contribution in [1.29, 1.82) is 0 Å². The number of carbonyl (C=O) groups is 2. The van der Waals surface area contributed by atoms with Crippen LogP contribution in [-0.4, -0.2) is 43.2 Å². The van der Waals surface area contributed by atoms with E-state index in [1.165, 1.54) is 25.7 Å².